The molecule has 0 radical (unpaired) electrons. The number of anilines is 1. The second kappa shape index (κ2) is 5.84. The molecule has 0 aromatic heterocycles. The van der Waals surface area contributed by atoms with Gasteiger partial charge in [-0.1, -0.05) is 44.2 Å². The Kier molecular flexibility index (Phi) is 3.88. The second-order valence-corrected chi connectivity index (χ2v) is 6.03. The Hall–Kier alpha value is -2.29. The van der Waals surface area contributed by atoms with Crippen LogP contribution in [0.2, 0.25) is 0 Å². The minimum Gasteiger partial charge on any atom is -0.497 e. The standard InChI is InChI=1S/C19H21NO2/c1-13(2)17-18(14-7-5-4-6-8-14)20(19(17)21)15-9-11-16(22-3)12-10-15/h4-13,17-18H,1-3H3/t17-,18-/m0/s1. The minimum absolute atomic E-state index is 0.0458. The van der Waals surface area contributed by atoms with Gasteiger partial charge in [0.1, 0.15) is 5.75 Å². The first-order chi connectivity index (χ1) is 10.6. The van der Waals surface area contributed by atoms with E-state index in [1.807, 2.05) is 47.4 Å². The van der Waals surface area contributed by atoms with Gasteiger partial charge in [-0.05, 0) is 35.7 Å². The Balaban J connectivity index is 1.96. The largest absolute Gasteiger partial charge is 0.497 e. The van der Waals surface area contributed by atoms with Gasteiger partial charge in [0.15, 0.2) is 0 Å². The fourth-order valence-electron chi connectivity index (χ4n) is 3.20. The molecule has 1 amide bonds. The first-order valence-electron chi connectivity index (χ1n) is 7.65. The van der Waals surface area contributed by atoms with Crippen molar-refractivity contribution in [2.45, 2.75) is 19.9 Å². The molecule has 3 heteroatoms. The van der Waals surface area contributed by atoms with Gasteiger partial charge in [-0.2, -0.15) is 0 Å². The predicted octanol–water partition coefficient (Wildman–Crippen LogP) is 4.06. The van der Waals surface area contributed by atoms with E-state index in [0.717, 1.165) is 11.4 Å². The van der Waals surface area contributed by atoms with Crippen molar-refractivity contribution in [2.24, 2.45) is 11.8 Å². The number of benzene rings is 2. The average Bonchev–Trinajstić information content (AvgIpc) is 2.53. The summed E-state index contributed by atoms with van der Waals surface area (Å²) >= 11 is 0. The lowest BCUT2D eigenvalue weighted by atomic mass is 9.75. The van der Waals surface area contributed by atoms with E-state index >= 15 is 0 Å². The van der Waals surface area contributed by atoms with Gasteiger partial charge < -0.3 is 9.64 Å². The van der Waals surface area contributed by atoms with E-state index in [9.17, 15) is 4.79 Å². The zero-order chi connectivity index (χ0) is 15.7. The number of β-lactam (4-membered cyclic amide) rings is 1. The number of hydrogen-bond acceptors (Lipinski definition) is 2. The van der Waals surface area contributed by atoms with Gasteiger partial charge in [0, 0.05) is 5.69 Å². The average molecular weight is 295 g/mol. The highest BCUT2D eigenvalue weighted by atomic mass is 16.5. The number of methoxy groups -OCH3 is 1. The van der Waals surface area contributed by atoms with Crippen LogP contribution in [0.25, 0.3) is 0 Å². The van der Waals surface area contributed by atoms with Crippen molar-refractivity contribution in [1.82, 2.24) is 0 Å². The summed E-state index contributed by atoms with van der Waals surface area (Å²) in [6.07, 6.45) is 0. The summed E-state index contributed by atoms with van der Waals surface area (Å²) in [7, 11) is 1.64. The quantitative estimate of drug-likeness (QED) is 0.796. The summed E-state index contributed by atoms with van der Waals surface area (Å²) < 4.78 is 5.19. The lowest BCUT2D eigenvalue weighted by molar-refractivity contribution is -0.132. The Morgan fingerprint density at radius 3 is 2.18 bits per heavy atom. The van der Waals surface area contributed by atoms with Crippen LogP contribution in [0.3, 0.4) is 0 Å². The van der Waals surface area contributed by atoms with Gasteiger partial charge in [-0.15, -0.1) is 0 Å². The first kappa shape index (κ1) is 14.6. The predicted molar refractivity (Wildman–Crippen MR) is 88.0 cm³/mol. The van der Waals surface area contributed by atoms with Crippen molar-refractivity contribution in [1.29, 1.82) is 0 Å². The van der Waals surface area contributed by atoms with E-state index in [-0.39, 0.29) is 17.9 Å². The molecule has 0 unspecified atom stereocenters. The Morgan fingerprint density at radius 1 is 1.00 bits per heavy atom. The maximum absolute atomic E-state index is 12.6. The summed E-state index contributed by atoms with van der Waals surface area (Å²) in [5, 5.41) is 0. The van der Waals surface area contributed by atoms with Crippen LogP contribution in [-0.2, 0) is 4.79 Å². The van der Waals surface area contributed by atoms with Crippen LogP contribution in [0.4, 0.5) is 5.69 Å². The Labute approximate surface area is 131 Å². The highest BCUT2D eigenvalue weighted by molar-refractivity contribution is 6.03. The molecule has 1 aliphatic rings. The lowest BCUT2D eigenvalue weighted by Gasteiger charge is -2.49. The maximum Gasteiger partial charge on any atom is 0.233 e. The molecular weight excluding hydrogens is 274 g/mol. The molecule has 3 rings (SSSR count). The van der Waals surface area contributed by atoms with Crippen molar-refractivity contribution >= 4 is 11.6 Å². The van der Waals surface area contributed by atoms with Crippen molar-refractivity contribution in [3.05, 3.63) is 60.2 Å². The van der Waals surface area contributed by atoms with Crippen LogP contribution >= 0.6 is 0 Å². The zero-order valence-corrected chi connectivity index (χ0v) is 13.2. The number of rotatable bonds is 4. The van der Waals surface area contributed by atoms with Gasteiger partial charge >= 0.3 is 0 Å². The SMILES string of the molecule is COc1ccc(N2C(=O)[C@@H](C(C)C)[C@@H]2c2ccccc2)cc1. The van der Waals surface area contributed by atoms with Crippen LogP contribution in [0.1, 0.15) is 25.5 Å². The Morgan fingerprint density at radius 2 is 1.64 bits per heavy atom. The van der Waals surface area contributed by atoms with Crippen molar-refractivity contribution < 1.29 is 9.53 Å². The highest BCUT2D eigenvalue weighted by Gasteiger charge is 2.49. The molecule has 2 atom stereocenters. The molecule has 1 fully saturated rings. The van der Waals surface area contributed by atoms with Gasteiger partial charge in [-0.3, -0.25) is 4.79 Å². The molecule has 2 aromatic carbocycles. The fraction of sp³-hybridized carbons (Fsp3) is 0.316. The monoisotopic (exact) mass is 295 g/mol. The summed E-state index contributed by atoms with van der Waals surface area (Å²) in [6, 6.07) is 18.1. The smallest absolute Gasteiger partial charge is 0.233 e. The van der Waals surface area contributed by atoms with Crippen LogP contribution in [0.5, 0.6) is 5.75 Å². The topological polar surface area (TPSA) is 29.5 Å². The van der Waals surface area contributed by atoms with Gasteiger partial charge in [0.2, 0.25) is 5.91 Å². The van der Waals surface area contributed by atoms with E-state index < -0.39 is 0 Å². The zero-order valence-electron chi connectivity index (χ0n) is 13.2. The van der Waals surface area contributed by atoms with Gasteiger partial charge in [0.25, 0.3) is 0 Å². The normalized spacial score (nSPS) is 20.9. The van der Waals surface area contributed by atoms with Crippen LogP contribution in [-0.4, -0.2) is 13.0 Å². The van der Waals surface area contributed by atoms with E-state index in [1.54, 1.807) is 7.11 Å². The molecular formula is C19H21NO2. The molecule has 0 spiro atoms. The second-order valence-electron chi connectivity index (χ2n) is 6.03. The first-order valence-corrected chi connectivity index (χ1v) is 7.65. The van der Waals surface area contributed by atoms with Crippen LogP contribution < -0.4 is 9.64 Å². The van der Waals surface area contributed by atoms with Crippen molar-refractivity contribution in [3.63, 3.8) is 0 Å². The van der Waals surface area contributed by atoms with Crippen LogP contribution in [0, 0.1) is 11.8 Å². The third kappa shape index (κ3) is 2.37. The number of carbonyl (C=O) groups excluding carboxylic acids is 1. The van der Waals surface area contributed by atoms with Gasteiger partial charge in [0.05, 0.1) is 19.1 Å². The Bertz CT molecular complexity index is 649. The molecule has 1 aliphatic heterocycles. The minimum atomic E-state index is 0.0458. The van der Waals surface area contributed by atoms with E-state index in [1.165, 1.54) is 5.56 Å². The molecule has 1 saturated heterocycles. The summed E-state index contributed by atoms with van der Waals surface area (Å²) in [6.45, 7) is 4.23. The summed E-state index contributed by atoms with van der Waals surface area (Å²) in [4.78, 5) is 14.5. The molecule has 114 valence electrons. The molecule has 3 nitrogen and oxygen atoms in total. The molecule has 0 saturated carbocycles. The number of ether oxygens (including phenoxy) is 1. The molecule has 0 N–H and O–H groups in total. The maximum atomic E-state index is 12.6. The number of amides is 1. The summed E-state index contributed by atoms with van der Waals surface area (Å²) in [5.41, 5.74) is 2.12. The van der Waals surface area contributed by atoms with E-state index in [4.69, 9.17) is 4.74 Å². The third-order valence-electron chi connectivity index (χ3n) is 4.35. The van der Waals surface area contributed by atoms with Gasteiger partial charge in [-0.25, -0.2) is 0 Å². The molecule has 2 aromatic rings. The van der Waals surface area contributed by atoms with Crippen molar-refractivity contribution in [2.75, 3.05) is 12.0 Å². The molecule has 0 aliphatic carbocycles. The number of nitrogens with zero attached hydrogens (tertiary/aromatic N) is 1. The van der Waals surface area contributed by atoms with Crippen molar-refractivity contribution in [3.8, 4) is 5.75 Å². The summed E-state index contributed by atoms with van der Waals surface area (Å²) in [5.74, 6) is 1.37. The van der Waals surface area contributed by atoms with E-state index in [0.29, 0.717) is 5.92 Å². The molecule has 1 heterocycles. The number of hydrogen-bond donors (Lipinski definition) is 0. The lowest BCUT2D eigenvalue weighted by Crippen LogP contribution is -2.57. The third-order valence-corrected chi connectivity index (χ3v) is 4.35. The number of carbonyl (C=O) groups is 1. The highest BCUT2D eigenvalue weighted by Crippen LogP contribution is 2.46. The van der Waals surface area contributed by atoms with E-state index in [2.05, 4.69) is 26.0 Å². The fourth-order valence-corrected chi connectivity index (χ4v) is 3.20. The molecule has 0 bridgehead atoms. The van der Waals surface area contributed by atoms with Crippen LogP contribution in [0.15, 0.2) is 54.6 Å². The molecule has 22 heavy (non-hydrogen) atoms.